The van der Waals surface area contributed by atoms with Gasteiger partial charge in [0.1, 0.15) is 17.5 Å². The average molecular weight is 375 g/mol. The first-order valence-corrected chi connectivity index (χ1v) is 9.11. The van der Waals surface area contributed by atoms with E-state index in [0.717, 1.165) is 29.2 Å². The summed E-state index contributed by atoms with van der Waals surface area (Å²) in [5.41, 5.74) is 2.66. The van der Waals surface area contributed by atoms with Crippen LogP contribution in [0.2, 0.25) is 0 Å². The molecule has 0 saturated carbocycles. The fourth-order valence-electron chi connectivity index (χ4n) is 3.14. The quantitative estimate of drug-likeness (QED) is 0.665. The number of aryl methyl sites for hydroxylation is 2. The Morgan fingerprint density at radius 2 is 2.25 bits per heavy atom. The van der Waals surface area contributed by atoms with Crippen molar-refractivity contribution in [2.75, 3.05) is 11.9 Å². The van der Waals surface area contributed by atoms with Crippen molar-refractivity contribution < 1.29 is 4.79 Å². The first-order valence-electron chi connectivity index (χ1n) is 9.11. The van der Waals surface area contributed by atoms with Crippen molar-refractivity contribution in [1.29, 1.82) is 0 Å². The summed E-state index contributed by atoms with van der Waals surface area (Å²) in [6.45, 7) is 4.55. The topological polar surface area (TPSA) is 99.7 Å². The standard InChI is InChI=1S/C20H21N7O/c1-13-4-3-8-22-20(13)26-18-10-16(24-14(2)25-18)17-7-9-27(17)19(28)6-5-15-11-21-12-23-15/h3-6,8,10-12,17H,7,9H2,1-2H3,(H,21,23)(H,22,24,25,26)/b6-5+. The van der Waals surface area contributed by atoms with E-state index >= 15 is 0 Å². The number of pyridine rings is 1. The first kappa shape index (κ1) is 17.8. The second kappa shape index (κ2) is 7.59. The van der Waals surface area contributed by atoms with Gasteiger partial charge in [0.25, 0.3) is 0 Å². The third-order valence-corrected chi connectivity index (χ3v) is 4.68. The average Bonchev–Trinajstić information content (AvgIpc) is 3.14. The van der Waals surface area contributed by atoms with Gasteiger partial charge in [-0.25, -0.2) is 19.9 Å². The summed E-state index contributed by atoms with van der Waals surface area (Å²) in [5, 5.41) is 3.25. The molecule has 1 aliphatic heterocycles. The SMILES string of the molecule is Cc1nc(Nc2ncccc2C)cc(C2CCN2C(=O)/C=C/c2cnc[nH]2)n1. The number of anilines is 2. The van der Waals surface area contributed by atoms with Crippen molar-refractivity contribution in [3.05, 3.63) is 65.8 Å². The predicted octanol–water partition coefficient (Wildman–Crippen LogP) is 2.94. The van der Waals surface area contributed by atoms with Crippen molar-refractivity contribution in [3.63, 3.8) is 0 Å². The molecule has 1 fully saturated rings. The Hall–Kier alpha value is -3.55. The molecule has 1 atom stereocenters. The van der Waals surface area contributed by atoms with Gasteiger partial charge in [0.05, 0.1) is 30.0 Å². The molecule has 4 heterocycles. The highest BCUT2D eigenvalue weighted by atomic mass is 16.2. The maximum atomic E-state index is 12.5. The molecule has 3 aromatic rings. The fourth-order valence-corrected chi connectivity index (χ4v) is 3.14. The highest BCUT2D eigenvalue weighted by molar-refractivity contribution is 5.92. The molecule has 4 rings (SSSR count). The highest BCUT2D eigenvalue weighted by Gasteiger charge is 2.33. The molecule has 0 bridgehead atoms. The predicted molar refractivity (Wildman–Crippen MR) is 106 cm³/mol. The number of likely N-dealkylation sites (tertiary alicyclic amines) is 1. The van der Waals surface area contributed by atoms with E-state index in [2.05, 4.69) is 30.2 Å². The van der Waals surface area contributed by atoms with Crippen molar-refractivity contribution in [3.8, 4) is 0 Å². The summed E-state index contributed by atoms with van der Waals surface area (Å²) in [5.74, 6) is 2.05. The van der Waals surface area contributed by atoms with Crippen molar-refractivity contribution in [2.45, 2.75) is 26.3 Å². The molecular weight excluding hydrogens is 354 g/mol. The molecule has 8 nitrogen and oxygen atoms in total. The van der Waals surface area contributed by atoms with Crippen LogP contribution in [0.4, 0.5) is 11.6 Å². The zero-order valence-electron chi connectivity index (χ0n) is 15.8. The number of hydrogen-bond donors (Lipinski definition) is 2. The molecule has 0 radical (unpaired) electrons. The molecule has 28 heavy (non-hydrogen) atoms. The molecule has 142 valence electrons. The maximum Gasteiger partial charge on any atom is 0.247 e. The van der Waals surface area contributed by atoms with Gasteiger partial charge >= 0.3 is 0 Å². The van der Waals surface area contributed by atoms with Crippen LogP contribution in [0, 0.1) is 13.8 Å². The minimum absolute atomic E-state index is 0.0443. The first-order chi connectivity index (χ1) is 13.6. The number of amides is 1. The lowest BCUT2D eigenvalue weighted by molar-refractivity contribution is -0.133. The summed E-state index contributed by atoms with van der Waals surface area (Å²) in [4.78, 5) is 34.6. The number of rotatable bonds is 5. The van der Waals surface area contributed by atoms with Crippen LogP contribution in [0.3, 0.4) is 0 Å². The Labute approximate surface area is 162 Å². The van der Waals surface area contributed by atoms with Crippen molar-refractivity contribution in [2.24, 2.45) is 0 Å². The Kier molecular flexibility index (Phi) is 4.84. The van der Waals surface area contributed by atoms with Crippen LogP contribution in [0.1, 0.15) is 35.2 Å². The number of carbonyl (C=O) groups is 1. The number of H-pyrrole nitrogens is 1. The molecule has 0 aromatic carbocycles. The second-order valence-electron chi connectivity index (χ2n) is 6.70. The van der Waals surface area contributed by atoms with Gasteiger partial charge in [-0.15, -0.1) is 0 Å². The van der Waals surface area contributed by atoms with Gasteiger partial charge in [0.2, 0.25) is 5.91 Å². The van der Waals surface area contributed by atoms with E-state index in [0.29, 0.717) is 18.2 Å². The van der Waals surface area contributed by atoms with Gasteiger partial charge in [0.15, 0.2) is 0 Å². The molecule has 1 unspecified atom stereocenters. The van der Waals surface area contributed by atoms with Crippen LogP contribution in [0.5, 0.6) is 0 Å². The van der Waals surface area contributed by atoms with Gasteiger partial charge in [-0.1, -0.05) is 6.07 Å². The number of aromatic nitrogens is 5. The van der Waals surface area contributed by atoms with Gasteiger partial charge < -0.3 is 15.2 Å². The Morgan fingerprint density at radius 3 is 2.96 bits per heavy atom. The summed E-state index contributed by atoms with van der Waals surface area (Å²) in [7, 11) is 0. The molecule has 1 aliphatic rings. The van der Waals surface area contributed by atoms with Gasteiger partial charge in [-0.05, 0) is 38.0 Å². The molecule has 8 heteroatoms. The molecular formula is C20H21N7O. The molecule has 2 N–H and O–H groups in total. The summed E-state index contributed by atoms with van der Waals surface area (Å²) in [6.07, 6.45) is 9.16. The molecule has 1 amide bonds. The number of nitrogens with zero attached hydrogens (tertiary/aromatic N) is 5. The van der Waals surface area contributed by atoms with Crippen LogP contribution in [-0.4, -0.2) is 42.3 Å². The van der Waals surface area contributed by atoms with Crippen LogP contribution < -0.4 is 5.32 Å². The van der Waals surface area contributed by atoms with E-state index < -0.39 is 0 Å². The number of hydrogen-bond acceptors (Lipinski definition) is 6. The lowest BCUT2D eigenvalue weighted by atomic mass is 9.98. The van der Waals surface area contributed by atoms with Crippen LogP contribution in [0.15, 0.2) is 43.0 Å². The highest BCUT2D eigenvalue weighted by Crippen LogP contribution is 2.33. The van der Waals surface area contributed by atoms with Crippen molar-refractivity contribution >= 4 is 23.6 Å². The largest absolute Gasteiger partial charge is 0.345 e. The van der Waals surface area contributed by atoms with E-state index in [-0.39, 0.29) is 11.9 Å². The third-order valence-electron chi connectivity index (χ3n) is 4.68. The van der Waals surface area contributed by atoms with E-state index in [4.69, 9.17) is 0 Å². The zero-order valence-corrected chi connectivity index (χ0v) is 15.8. The summed E-state index contributed by atoms with van der Waals surface area (Å²) >= 11 is 0. The number of nitrogens with one attached hydrogen (secondary N) is 2. The normalized spacial score (nSPS) is 16.2. The lowest BCUT2D eigenvalue weighted by Gasteiger charge is -2.40. The fraction of sp³-hybridized carbons (Fsp3) is 0.250. The van der Waals surface area contributed by atoms with Gasteiger partial charge in [0, 0.05) is 24.9 Å². The summed E-state index contributed by atoms with van der Waals surface area (Å²) in [6, 6.07) is 5.73. The number of aromatic amines is 1. The molecule has 3 aromatic heterocycles. The van der Waals surface area contributed by atoms with Gasteiger partial charge in [-0.2, -0.15) is 0 Å². The Morgan fingerprint density at radius 1 is 1.36 bits per heavy atom. The molecule has 1 saturated heterocycles. The Balaban J connectivity index is 1.51. The Bertz CT molecular complexity index is 1010. The van der Waals surface area contributed by atoms with Crippen LogP contribution >= 0.6 is 0 Å². The number of carbonyl (C=O) groups excluding carboxylic acids is 1. The summed E-state index contributed by atoms with van der Waals surface area (Å²) < 4.78 is 0. The smallest absolute Gasteiger partial charge is 0.247 e. The van der Waals surface area contributed by atoms with Crippen molar-refractivity contribution in [1.82, 2.24) is 29.8 Å². The molecule has 0 aliphatic carbocycles. The second-order valence-corrected chi connectivity index (χ2v) is 6.70. The third kappa shape index (κ3) is 3.75. The van der Waals surface area contributed by atoms with Crippen LogP contribution in [0.25, 0.3) is 6.08 Å². The van der Waals surface area contributed by atoms with E-state index in [9.17, 15) is 4.79 Å². The van der Waals surface area contributed by atoms with Crippen LogP contribution in [-0.2, 0) is 4.79 Å². The minimum atomic E-state index is -0.0500. The van der Waals surface area contributed by atoms with E-state index in [1.807, 2.05) is 36.9 Å². The monoisotopic (exact) mass is 375 g/mol. The van der Waals surface area contributed by atoms with E-state index in [1.165, 1.54) is 0 Å². The van der Waals surface area contributed by atoms with Gasteiger partial charge in [-0.3, -0.25) is 4.79 Å². The number of imidazole rings is 1. The maximum absolute atomic E-state index is 12.5. The zero-order chi connectivity index (χ0) is 19.5. The lowest BCUT2D eigenvalue weighted by Crippen LogP contribution is -2.44. The minimum Gasteiger partial charge on any atom is -0.345 e. The molecule has 0 spiro atoms. The van der Waals surface area contributed by atoms with E-state index in [1.54, 1.807) is 30.9 Å².